The highest BCUT2D eigenvalue weighted by Crippen LogP contribution is 2.14. The zero-order valence-corrected chi connectivity index (χ0v) is 16.4. The third-order valence-electron chi connectivity index (χ3n) is 4.33. The van der Waals surface area contributed by atoms with Crippen LogP contribution in [0.25, 0.3) is 0 Å². The predicted molar refractivity (Wildman–Crippen MR) is 117 cm³/mol. The molecule has 0 unspecified atom stereocenters. The van der Waals surface area contributed by atoms with Crippen molar-refractivity contribution in [2.45, 2.75) is 6.54 Å². The number of hydrogen-bond acceptors (Lipinski definition) is 6. The molecule has 0 aliphatic rings. The number of hydrogen-bond donors (Lipinski definition) is 3. The summed E-state index contributed by atoms with van der Waals surface area (Å²) in [5, 5.41) is 16.7. The van der Waals surface area contributed by atoms with E-state index in [1.54, 1.807) is 42.5 Å². The van der Waals surface area contributed by atoms with Gasteiger partial charge in [0, 0.05) is 17.9 Å². The first kappa shape index (κ1) is 19.8. The molecule has 0 atom stereocenters. The Kier molecular flexibility index (Phi) is 5.99. The second kappa shape index (κ2) is 9.36. The first-order valence-electron chi connectivity index (χ1n) is 9.55. The van der Waals surface area contributed by atoms with Crippen LogP contribution in [0.3, 0.4) is 0 Å². The smallest absolute Gasteiger partial charge is 0.291 e. The summed E-state index contributed by atoms with van der Waals surface area (Å²) in [6.07, 6.45) is 1.45. The minimum absolute atomic E-state index is 0.219. The number of para-hydroxylation sites is 1. The number of nitrogens with zero attached hydrogens (tertiary/aromatic N) is 2. The van der Waals surface area contributed by atoms with Crippen molar-refractivity contribution in [3.63, 3.8) is 0 Å². The van der Waals surface area contributed by atoms with E-state index in [0.717, 1.165) is 5.56 Å². The van der Waals surface area contributed by atoms with Gasteiger partial charge in [-0.25, -0.2) is 0 Å². The lowest BCUT2D eigenvalue weighted by atomic mass is 10.2. The summed E-state index contributed by atoms with van der Waals surface area (Å²) in [5.74, 6) is 0.132. The molecule has 8 nitrogen and oxygen atoms in total. The van der Waals surface area contributed by atoms with Gasteiger partial charge in [0.25, 0.3) is 11.8 Å². The van der Waals surface area contributed by atoms with Crippen LogP contribution in [0.2, 0.25) is 0 Å². The molecule has 0 saturated heterocycles. The van der Waals surface area contributed by atoms with E-state index in [2.05, 4.69) is 26.1 Å². The third-order valence-corrected chi connectivity index (χ3v) is 4.33. The van der Waals surface area contributed by atoms with E-state index in [9.17, 15) is 9.59 Å². The number of rotatable bonds is 7. The molecule has 4 aromatic rings. The maximum absolute atomic E-state index is 12.2. The van der Waals surface area contributed by atoms with Crippen LogP contribution in [0.15, 0.2) is 89.5 Å². The third kappa shape index (κ3) is 5.33. The fourth-order valence-corrected chi connectivity index (χ4v) is 2.82. The predicted octanol–water partition coefficient (Wildman–Crippen LogP) is 4.19. The van der Waals surface area contributed by atoms with Crippen LogP contribution in [0, 0.1) is 0 Å². The average Bonchev–Trinajstić information content (AvgIpc) is 3.34. The van der Waals surface area contributed by atoms with Crippen molar-refractivity contribution in [3.8, 4) is 0 Å². The lowest BCUT2D eigenvalue weighted by Gasteiger charge is -2.09. The van der Waals surface area contributed by atoms with E-state index in [1.807, 2.05) is 36.4 Å². The Labute approximate surface area is 178 Å². The fraction of sp³-hybridized carbons (Fsp3) is 0.0435. The quantitative estimate of drug-likeness (QED) is 0.419. The molecule has 2 amide bonds. The Hall–Kier alpha value is -4.46. The van der Waals surface area contributed by atoms with Gasteiger partial charge in [0.1, 0.15) is 5.82 Å². The zero-order valence-electron chi connectivity index (χ0n) is 16.4. The van der Waals surface area contributed by atoms with Gasteiger partial charge in [-0.3, -0.25) is 9.59 Å². The summed E-state index contributed by atoms with van der Waals surface area (Å²) in [7, 11) is 0. The largest absolute Gasteiger partial charge is 0.459 e. The Morgan fingerprint density at radius 2 is 1.58 bits per heavy atom. The monoisotopic (exact) mass is 413 g/mol. The number of benzene rings is 2. The van der Waals surface area contributed by atoms with Crippen LogP contribution in [0.5, 0.6) is 0 Å². The van der Waals surface area contributed by atoms with Gasteiger partial charge in [-0.15, -0.1) is 10.2 Å². The number of aromatic nitrogens is 2. The summed E-state index contributed by atoms with van der Waals surface area (Å²) >= 11 is 0. The minimum atomic E-state index is -0.328. The molecule has 0 bridgehead atoms. The number of carbonyl (C=O) groups excluding carboxylic acids is 2. The summed E-state index contributed by atoms with van der Waals surface area (Å²) < 4.78 is 5.09. The number of furan rings is 1. The lowest BCUT2D eigenvalue weighted by molar-refractivity contribution is 0.0994. The molecule has 0 aliphatic carbocycles. The molecule has 154 valence electrons. The topological polar surface area (TPSA) is 109 Å². The van der Waals surface area contributed by atoms with Crippen molar-refractivity contribution in [1.82, 2.24) is 10.2 Å². The van der Waals surface area contributed by atoms with E-state index in [-0.39, 0.29) is 23.3 Å². The van der Waals surface area contributed by atoms with E-state index in [0.29, 0.717) is 23.7 Å². The maximum atomic E-state index is 12.2. The molecule has 2 heterocycles. The van der Waals surface area contributed by atoms with Crippen molar-refractivity contribution < 1.29 is 14.0 Å². The molecule has 4 rings (SSSR count). The van der Waals surface area contributed by atoms with Gasteiger partial charge in [0.05, 0.1) is 6.26 Å². The standard InChI is InChI=1S/C23H19N5O3/c29-22(25-17-7-2-1-3-8-17)19-11-12-21(28-27-19)24-15-16-6-4-9-18(14-16)26-23(30)20-10-5-13-31-20/h1-14H,15H2,(H,24,28)(H,25,29)(H,26,30). The number of nitrogens with one attached hydrogen (secondary N) is 3. The summed E-state index contributed by atoms with van der Waals surface area (Å²) in [5.41, 5.74) is 2.50. The van der Waals surface area contributed by atoms with Gasteiger partial charge in [0.15, 0.2) is 11.5 Å². The Bertz CT molecular complexity index is 1160. The molecule has 0 fully saturated rings. The molecule has 2 aromatic carbocycles. The fourth-order valence-electron chi connectivity index (χ4n) is 2.82. The van der Waals surface area contributed by atoms with Crippen molar-refractivity contribution in [2.75, 3.05) is 16.0 Å². The highest BCUT2D eigenvalue weighted by Gasteiger charge is 2.10. The molecular weight excluding hydrogens is 394 g/mol. The molecule has 8 heteroatoms. The van der Waals surface area contributed by atoms with Crippen LogP contribution in [0.4, 0.5) is 17.2 Å². The van der Waals surface area contributed by atoms with Crippen LogP contribution < -0.4 is 16.0 Å². The molecule has 31 heavy (non-hydrogen) atoms. The van der Waals surface area contributed by atoms with E-state index >= 15 is 0 Å². The number of anilines is 3. The van der Waals surface area contributed by atoms with Crippen molar-refractivity contribution >= 4 is 29.0 Å². The molecule has 0 radical (unpaired) electrons. The van der Waals surface area contributed by atoms with Crippen molar-refractivity contribution in [1.29, 1.82) is 0 Å². The molecule has 0 aliphatic heterocycles. The first-order chi connectivity index (χ1) is 15.2. The first-order valence-corrected chi connectivity index (χ1v) is 9.55. The second-order valence-corrected chi connectivity index (χ2v) is 6.61. The normalized spacial score (nSPS) is 10.3. The van der Waals surface area contributed by atoms with Crippen molar-refractivity contribution in [2.24, 2.45) is 0 Å². The summed E-state index contributed by atoms with van der Waals surface area (Å²) in [6.45, 7) is 0.467. The highest BCUT2D eigenvalue weighted by molar-refractivity contribution is 6.03. The molecule has 2 aromatic heterocycles. The van der Waals surface area contributed by atoms with E-state index in [4.69, 9.17) is 4.42 Å². The van der Waals surface area contributed by atoms with Gasteiger partial charge < -0.3 is 20.4 Å². The van der Waals surface area contributed by atoms with E-state index in [1.165, 1.54) is 6.26 Å². The summed E-state index contributed by atoms with van der Waals surface area (Å²) in [6, 6.07) is 23.1. The zero-order chi connectivity index (χ0) is 21.5. The van der Waals surface area contributed by atoms with Gasteiger partial charge in [-0.2, -0.15) is 0 Å². The maximum Gasteiger partial charge on any atom is 0.291 e. The Morgan fingerprint density at radius 1 is 0.774 bits per heavy atom. The molecule has 3 N–H and O–H groups in total. The van der Waals surface area contributed by atoms with Crippen LogP contribution in [-0.4, -0.2) is 22.0 Å². The van der Waals surface area contributed by atoms with E-state index < -0.39 is 0 Å². The Balaban J connectivity index is 1.33. The average molecular weight is 413 g/mol. The lowest BCUT2D eigenvalue weighted by Crippen LogP contribution is -2.15. The highest BCUT2D eigenvalue weighted by atomic mass is 16.3. The Morgan fingerprint density at radius 3 is 2.32 bits per heavy atom. The van der Waals surface area contributed by atoms with Gasteiger partial charge in [-0.05, 0) is 54.1 Å². The summed E-state index contributed by atoms with van der Waals surface area (Å²) in [4.78, 5) is 24.3. The molecule has 0 saturated carbocycles. The second-order valence-electron chi connectivity index (χ2n) is 6.61. The van der Waals surface area contributed by atoms with Crippen LogP contribution in [-0.2, 0) is 6.54 Å². The molecular formula is C23H19N5O3. The minimum Gasteiger partial charge on any atom is -0.459 e. The van der Waals surface area contributed by atoms with Gasteiger partial charge in [0.2, 0.25) is 0 Å². The number of carbonyl (C=O) groups is 2. The van der Waals surface area contributed by atoms with Crippen LogP contribution in [0.1, 0.15) is 26.6 Å². The van der Waals surface area contributed by atoms with Crippen molar-refractivity contribution in [3.05, 3.63) is 102 Å². The van der Waals surface area contributed by atoms with Gasteiger partial charge in [-0.1, -0.05) is 30.3 Å². The van der Waals surface area contributed by atoms with Gasteiger partial charge >= 0.3 is 0 Å². The molecule has 0 spiro atoms. The SMILES string of the molecule is O=C(Nc1ccccc1)c1ccc(NCc2cccc(NC(=O)c3ccco3)c2)nn1. The number of amides is 2. The van der Waals surface area contributed by atoms with Crippen LogP contribution >= 0.6 is 0 Å².